The minimum absolute atomic E-state index is 0.0299. The Bertz CT molecular complexity index is 1000. The molecule has 0 saturated heterocycles. The summed E-state index contributed by atoms with van der Waals surface area (Å²) in [7, 11) is 0. The molecule has 1 aliphatic heterocycles. The maximum Gasteiger partial charge on any atom is 0.261 e. The molecule has 0 bridgehead atoms. The molecule has 24 heavy (non-hydrogen) atoms. The van der Waals surface area contributed by atoms with Gasteiger partial charge >= 0.3 is 0 Å². The molecular weight excluding hydrogens is 322 g/mol. The Balaban J connectivity index is 1.61. The summed E-state index contributed by atoms with van der Waals surface area (Å²) in [6.45, 7) is 0.719. The molecule has 4 rings (SSSR count). The molecule has 1 amide bonds. The molecule has 0 radical (unpaired) electrons. The van der Waals surface area contributed by atoms with E-state index >= 15 is 0 Å². The number of rotatable bonds is 3. The number of nitrogens with zero attached hydrogens (tertiary/aromatic N) is 2. The molecule has 0 fully saturated rings. The van der Waals surface area contributed by atoms with Crippen molar-refractivity contribution in [3.63, 3.8) is 0 Å². The number of fused-ring (bicyclic) bond motifs is 2. The van der Waals surface area contributed by atoms with Crippen LogP contribution in [0.4, 0.5) is 5.69 Å². The molecule has 1 aromatic carbocycles. The Morgan fingerprint density at radius 2 is 2.25 bits per heavy atom. The standard InChI is InChI=1S/C18H15N3O2S/c22-17(8-6-13-3-2-10-24-13)19-12-5-7-15-14(11-12)18(23)21-9-1-4-16(21)20-15/h2-3,5-8,10-11H,1,4,9H2,(H,19,22)/b8-6+. The van der Waals surface area contributed by atoms with Crippen molar-refractivity contribution in [2.45, 2.75) is 19.4 Å². The normalized spacial score (nSPS) is 13.5. The summed E-state index contributed by atoms with van der Waals surface area (Å²) in [5, 5.41) is 5.29. The number of benzene rings is 1. The second-order valence-electron chi connectivity index (χ2n) is 5.66. The van der Waals surface area contributed by atoms with Crippen LogP contribution in [0.5, 0.6) is 0 Å². The number of carbonyl (C=O) groups is 1. The van der Waals surface area contributed by atoms with E-state index in [1.165, 1.54) is 6.08 Å². The third kappa shape index (κ3) is 2.76. The van der Waals surface area contributed by atoms with E-state index in [1.807, 2.05) is 17.5 Å². The van der Waals surface area contributed by atoms with Crippen molar-refractivity contribution in [1.29, 1.82) is 0 Å². The van der Waals surface area contributed by atoms with Crippen molar-refractivity contribution >= 4 is 39.9 Å². The fraction of sp³-hybridized carbons (Fsp3) is 0.167. The molecule has 1 N–H and O–H groups in total. The molecular formula is C18H15N3O2S. The van der Waals surface area contributed by atoms with E-state index in [9.17, 15) is 9.59 Å². The Kier molecular flexibility index (Phi) is 3.74. The van der Waals surface area contributed by atoms with Crippen LogP contribution in [0.15, 0.2) is 46.6 Å². The maximum absolute atomic E-state index is 12.5. The predicted molar refractivity (Wildman–Crippen MR) is 96.3 cm³/mol. The minimum Gasteiger partial charge on any atom is -0.322 e. The topological polar surface area (TPSA) is 64.0 Å². The van der Waals surface area contributed by atoms with Crippen LogP contribution in [0, 0.1) is 0 Å². The number of nitrogens with one attached hydrogen (secondary N) is 1. The highest BCUT2D eigenvalue weighted by atomic mass is 32.1. The molecule has 5 nitrogen and oxygen atoms in total. The van der Waals surface area contributed by atoms with Crippen LogP contribution in [0.2, 0.25) is 0 Å². The van der Waals surface area contributed by atoms with E-state index in [1.54, 1.807) is 40.2 Å². The van der Waals surface area contributed by atoms with E-state index in [-0.39, 0.29) is 11.5 Å². The molecule has 1 aliphatic rings. The minimum atomic E-state index is -0.225. The molecule has 2 aromatic heterocycles. The SMILES string of the molecule is O=C(/C=C/c1cccs1)Nc1ccc2nc3n(c(=O)c2c1)CCC3. The summed E-state index contributed by atoms with van der Waals surface area (Å²) in [6, 6.07) is 9.14. The van der Waals surface area contributed by atoms with Crippen molar-refractivity contribution in [1.82, 2.24) is 9.55 Å². The number of hydrogen-bond acceptors (Lipinski definition) is 4. The van der Waals surface area contributed by atoms with Gasteiger partial charge < -0.3 is 5.32 Å². The van der Waals surface area contributed by atoms with E-state index in [2.05, 4.69) is 10.3 Å². The van der Waals surface area contributed by atoms with Crippen molar-refractivity contribution < 1.29 is 4.79 Å². The lowest BCUT2D eigenvalue weighted by atomic mass is 10.2. The van der Waals surface area contributed by atoms with E-state index < -0.39 is 0 Å². The van der Waals surface area contributed by atoms with Crippen molar-refractivity contribution in [3.8, 4) is 0 Å². The quantitative estimate of drug-likeness (QED) is 0.747. The van der Waals surface area contributed by atoms with Gasteiger partial charge in [-0.05, 0) is 42.1 Å². The number of aromatic nitrogens is 2. The lowest BCUT2D eigenvalue weighted by molar-refractivity contribution is -0.111. The molecule has 0 unspecified atom stereocenters. The van der Waals surface area contributed by atoms with Gasteiger partial charge in [-0.2, -0.15) is 0 Å². The molecule has 0 atom stereocenters. The van der Waals surface area contributed by atoms with E-state index in [0.717, 1.165) is 30.1 Å². The Labute approximate surface area is 142 Å². The van der Waals surface area contributed by atoms with Gasteiger partial charge in [0, 0.05) is 29.6 Å². The number of anilines is 1. The maximum atomic E-state index is 12.5. The Hall–Kier alpha value is -2.73. The third-order valence-corrected chi connectivity index (χ3v) is 4.86. The van der Waals surface area contributed by atoms with Crippen LogP contribution in [0.25, 0.3) is 17.0 Å². The molecule has 0 saturated carbocycles. The van der Waals surface area contributed by atoms with Crippen LogP contribution < -0.4 is 10.9 Å². The summed E-state index contributed by atoms with van der Waals surface area (Å²) >= 11 is 1.57. The van der Waals surface area contributed by atoms with Gasteiger partial charge in [0.15, 0.2) is 0 Å². The number of amides is 1. The summed E-state index contributed by atoms with van der Waals surface area (Å²) < 4.78 is 1.73. The first-order valence-electron chi connectivity index (χ1n) is 7.77. The fourth-order valence-electron chi connectivity index (χ4n) is 2.89. The van der Waals surface area contributed by atoms with Crippen LogP contribution in [0.1, 0.15) is 17.1 Å². The zero-order valence-corrected chi connectivity index (χ0v) is 13.7. The van der Waals surface area contributed by atoms with E-state index in [4.69, 9.17) is 0 Å². The van der Waals surface area contributed by atoms with Gasteiger partial charge in [-0.25, -0.2) is 4.98 Å². The van der Waals surface area contributed by atoms with Gasteiger partial charge in [0.05, 0.1) is 10.9 Å². The second kappa shape index (κ2) is 6.05. The number of hydrogen-bond donors (Lipinski definition) is 1. The molecule has 6 heteroatoms. The van der Waals surface area contributed by atoms with Crippen LogP contribution in [0.3, 0.4) is 0 Å². The first kappa shape index (κ1) is 14.8. The van der Waals surface area contributed by atoms with Crippen LogP contribution in [-0.2, 0) is 17.8 Å². The van der Waals surface area contributed by atoms with Crippen LogP contribution in [-0.4, -0.2) is 15.5 Å². The third-order valence-electron chi connectivity index (χ3n) is 4.02. The molecule has 0 aliphatic carbocycles. The van der Waals surface area contributed by atoms with Crippen LogP contribution >= 0.6 is 11.3 Å². The lowest BCUT2D eigenvalue weighted by Gasteiger charge is -2.07. The summed E-state index contributed by atoms with van der Waals surface area (Å²) in [5.41, 5.74) is 1.25. The molecule has 120 valence electrons. The highest BCUT2D eigenvalue weighted by molar-refractivity contribution is 7.10. The highest BCUT2D eigenvalue weighted by Gasteiger charge is 2.16. The van der Waals surface area contributed by atoms with Crippen molar-refractivity contribution in [2.24, 2.45) is 0 Å². The molecule has 3 aromatic rings. The van der Waals surface area contributed by atoms with Gasteiger partial charge in [-0.3, -0.25) is 14.2 Å². The largest absolute Gasteiger partial charge is 0.322 e. The van der Waals surface area contributed by atoms with Gasteiger partial charge in [0.1, 0.15) is 5.82 Å². The highest BCUT2D eigenvalue weighted by Crippen LogP contribution is 2.18. The zero-order valence-electron chi connectivity index (χ0n) is 12.9. The molecule has 0 spiro atoms. The monoisotopic (exact) mass is 337 g/mol. The summed E-state index contributed by atoms with van der Waals surface area (Å²) in [5.74, 6) is 0.625. The number of aryl methyl sites for hydroxylation is 1. The van der Waals surface area contributed by atoms with Crippen molar-refractivity contribution in [2.75, 3.05) is 5.32 Å². The summed E-state index contributed by atoms with van der Waals surface area (Å²) in [6.07, 6.45) is 5.06. The summed E-state index contributed by atoms with van der Waals surface area (Å²) in [4.78, 5) is 30.1. The van der Waals surface area contributed by atoms with Gasteiger partial charge in [-0.15, -0.1) is 11.3 Å². The average Bonchev–Trinajstić information content (AvgIpc) is 3.25. The predicted octanol–water partition coefficient (Wildman–Crippen LogP) is 3.06. The lowest BCUT2D eigenvalue weighted by Crippen LogP contribution is -2.21. The van der Waals surface area contributed by atoms with Crippen molar-refractivity contribution in [3.05, 3.63) is 62.8 Å². The average molecular weight is 337 g/mol. The smallest absolute Gasteiger partial charge is 0.261 e. The van der Waals surface area contributed by atoms with E-state index in [0.29, 0.717) is 16.6 Å². The second-order valence-corrected chi connectivity index (χ2v) is 6.64. The zero-order chi connectivity index (χ0) is 16.5. The fourth-order valence-corrected chi connectivity index (χ4v) is 3.51. The van der Waals surface area contributed by atoms with Gasteiger partial charge in [0.25, 0.3) is 5.56 Å². The van der Waals surface area contributed by atoms with Gasteiger partial charge in [-0.1, -0.05) is 6.07 Å². The number of thiophene rings is 1. The first-order valence-corrected chi connectivity index (χ1v) is 8.65. The molecule has 3 heterocycles. The first-order chi connectivity index (χ1) is 11.7. The number of carbonyl (C=O) groups excluding carboxylic acids is 1. The Morgan fingerprint density at radius 1 is 1.33 bits per heavy atom. The van der Waals surface area contributed by atoms with Gasteiger partial charge in [0.2, 0.25) is 5.91 Å². The Morgan fingerprint density at radius 3 is 3.08 bits per heavy atom.